The predicted molar refractivity (Wildman–Crippen MR) is 95.0 cm³/mol. The minimum atomic E-state index is -1.56. The van der Waals surface area contributed by atoms with E-state index in [0.29, 0.717) is 12.0 Å². The van der Waals surface area contributed by atoms with Gasteiger partial charge in [-0.2, -0.15) is 0 Å². The summed E-state index contributed by atoms with van der Waals surface area (Å²) in [4.78, 5) is 12.7. The first-order chi connectivity index (χ1) is 11.2. The van der Waals surface area contributed by atoms with Crippen molar-refractivity contribution in [2.45, 2.75) is 38.2 Å². The highest BCUT2D eigenvalue weighted by molar-refractivity contribution is 5.91. The van der Waals surface area contributed by atoms with Crippen molar-refractivity contribution >= 4 is 11.9 Å². The number of ketones is 1. The van der Waals surface area contributed by atoms with E-state index in [1.165, 1.54) is 0 Å². The highest BCUT2D eigenvalue weighted by Gasteiger charge is 2.33. The van der Waals surface area contributed by atoms with Gasteiger partial charge in [0.25, 0.3) is 0 Å². The molecule has 2 aromatic carbocycles. The molecule has 0 aliphatic heterocycles. The highest BCUT2D eigenvalue weighted by atomic mass is 16.3. The summed E-state index contributed by atoms with van der Waals surface area (Å²) >= 11 is 0. The van der Waals surface area contributed by atoms with Crippen LogP contribution in [0.2, 0.25) is 0 Å². The zero-order chi connectivity index (χ0) is 16.5. The quantitative estimate of drug-likeness (QED) is 0.715. The van der Waals surface area contributed by atoms with Crippen LogP contribution in [0.25, 0.3) is 6.08 Å². The number of hydrogen-bond donors (Lipinski definition) is 1. The van der Waals surface area contributed by atoms with Gasteiger partial charge in [0.1, 0.15) is 0 Å². The van der Waals surface area contributed by atoms with Crippen LogP contribution in [0.5, 0.6) is 0 Å². The third-order valence-electron chi connectivity index (χ3n) is 3.96. The van der Waals surface area contributed by atoms with Crippen LogP contribution >= 0.6 is 0 Å². The molecular formula is C21H24O2. The van der Waals surface area contributed by atoms with E-state index < -0.39 is 5.60 Å². The van der Waals surface area contributed by atoms with Crippen LogP contribution in [0, 0.1) is 0 Å². The lowest BCUT2D eigenvalue weighted by Crippen LogP contribution is -2.33. The Hall–Kier alpha value is -2.19. The van der Waals surface area contributed by atoms with Gasteiger partial charge in [0, 0.05) is 6.42 Å². The molecule has 0 saturated carbocycles. The molecule has 0 aromatic heterocycles. The summed E-state index contributed by atoms with van der Waals surface area (Å²) in [6, 6.07) is 18.9. The van der Waals surface area contributed by atoms with Crippen LogP contribution in [0.15, 0.2) is 66.7 Å². The van der Waals surface area contributed by atoms with Crippen molar-refractivity contribution in [1.29, 1.82) is 0 Å². The van der Waals surface area contributed by atoms with Crippen LogP contribution in [0.1, 0.15) is 43.7 Å². The number of aliphatic hydroxyl groups is 1. The van der Waals surface area contributed by atoms with Crippen LogP contribution in [-0.4, -0.2) is 10.9 Å². The van der Waals surface area contributed by atoms with Crippen LogP contribution in [0.3, 0.4) is 0 Å². The van der Waals surface area contributed by atoms with Crippen LogP contribution in [0.4, 0.5) is 0 Å². The summed E-state index contributed by atoms with van der Waals surface area (Å²) in [6.45, 7) is 2.10. The molecular weight excluding hydrogens is 284 g/mol. The first kappa shape index (κ1) is 17.2. The number of hydrogen-bond acceptors (Lipinski definition) is 2. The molecule has 0 fully saturated rings. The standard InChI is InChI=1S/C21H24O2/c1-2-3-6-15-20(22)21(23,19-13-9-5-10-14-19)17-16-18-11-7-4-8-12-18/h4-5,7-14,16-17,23H,2-3,6,15H2,1H3/b17-16+. The van der Waals surface area contributed by atoms with Crippen LogP contribution in [-0.2, 0) is 10.4 Å². The summed E-state index contributed by atoms with van der Waals surface area (Å²) < 4.78 is 0. The molecule has 2 aromatic rings. The Morgan fingerprint density at radius 2 is 1.61 bits per heavy atom. The maximum atomic E-state index is 12.7. The molecule has 0 aliphatic rings. The molecule has 0 aliphatic carbocycles. The molecule has 0 spiro atoms. The normalized spacial score (nSPS) is 13.8. The maximum absolute atomic E-state index is 12.7. The van der Waals surface area contributed by atoms with Crippen molar-refractivity contribution in [3.8, 4) is 0 Å². The Labute approximate surface area is 138 Å². The van der Waals surface area contributed by atoms with Crippen molar-refractivity contribution in [3.63, 3.8) is 0 Å². The second kappa shape index (κ2) is 8.44. The van der Waals surface area contributed by atoms with Gasteiger partial charge in [-0.3, -0.25) is 4.79 Å². The fourth-order valence-corrected chi connectivity index (χ4v) is 2.55. The van der Waals surface area contributed by atoms with E-state index >= 15 is 0 Å². The second-order valence-electron chi connectivity index (χ2n) is 5.76. The molecule has 2 nitrogen and oxygen atoms in total. The van der Waals surface area contributed by atoms with Gasteiger partial charge in [0.15, 0.2) is 11.4 Å². The van der Waals surface area contributed by atoms with Gasteiger partial charge in [0.2, 0.25) is 0 Å². The minimum Gasteiger partial charge on any atom is -0.374 e. The Bertz CT molecular complexity index is 631. The lowest BCUT2D eigenvalue weighted by molar-refractivity contribution is -0.133. The number of unbranched alkanes of at least 4 members (excludes halogenated alkanes) is 2. The summed E-state index contributed by atoms with van der Waals surface area (Å²) in [5.74, 6) is -0.149. The molecule has 2 rings (SSSR count). The molecule has 120 valence electrons. The molecule has 0 saturated heterocycles. The van der Waals surface area contributed by atoms with E-state index in [1.54, 1.807) is 18.2 Å². The van der Waals surface area contributed by atoms with E-state index in [0.717, 1.165) is 24.8 Å². The fourth-order valence-electron chi connectivity index (χ4n) is 2.55. The number of benzene rings is 2. The zero-order valence-corrected chi connectivity index (χ0v) is 13.6. The third kappa shape index (κ3) is 4.64. The van der Waals surface area contributed by atoms with Gasteiger partial charge in [-0.25, -0.2) is 0 Å². The summed E-state index contributed by atoms with van der Waals surface area (Å²) in [5, 5.41) is 11.1. The Morgan fingerprint density at radius 3 is 2.22 bits per heavy atom. The van der Waals surface area contributed by atoms with Crippen molar-refractivity contribution < 1.29 is 9.90 Å². The van der Waals surface area contributed by atoms with Gasteiger partial charge >= 0.3 is 0 Å². The lowest BCUT2D eigenvalue weighted by Gasteiger charge is -2.24. The van der Waals surface area contributed by atoms with Crippen molar-refractivity contribution in [1.82, 2.24) is 0 Å². The molecule has 1 atom stereocenters. The van der Waals surface area contributed by atoms with E-state index in [4.69, 9.17) is 0 Å². The molecule has 0 heterocycles. The Kier molecular flexibility index (Phi) is 6.30. The van der Waals surface area contributed by atoms with Crippen molar-refractivity contribution in [3.05, 3.63) is 77.9 Å². The summed E-state index contributed by atoms with van der Waals surface area (Å²) in [6.07, 6.45) is 6.68. The largest absolute Gasteiger partial charge is 0.374 e. The maximum Gasteiger partial charge on any atom is 0.172 e. The average molecular weight is 308 g/mol. The molecule has 0 amide bonds. The molecule has 1 N–H and O–H groups in total. The van der Waals surface area contributed by atoms with E-state index in [1.807, 2.05) is 54.6 Å². The van der Waals surface area contributed by atoms with Gasteiger partial charge in [-0.05, 0) is 23.6 Å². The topological polar surface area (TPSA) is 37.3 Å². The van der Waals surface area contributed by atoms with Gasteiger partial charge in [-0.1, -0.05) is 86.5 Å². The predicted octanol–water partition coefficient (Wildman–Crippen LogP) is 4.74. The lowest BCUT2D eigenvalue weighted by atomic mass is 9.86. The molecule has 23 heavy (non-hydrogen) atoms. The third-order valence-corrected chi connectivity index (χ3v) is 3.96. The van der Waals surface area contributed by atoms with Crippen molar-refractivity contribution in [2.24, 2.45) is 0 Å². The van der Waals surface area contributed by atoms with E-state index in [9.17, 15) is 9.90 Å². The summed E-state index contributed by atoms with van der Waals surface area (Å²) in [7, 11) is 0. The van der Waals surface area contributed by atoms with Gasteiger partial charge < -0.3 is 5.11 Å². The number of Topliss-reactive ketones (excluding diaryl/α,β-unsaturated/α-hetero) is 1. The second-order valence-corrected chi connectivity index (χ2v) is 5.76. The van der Waals surface area contributed by atoms with Gasteiger partial charge in [0.05, 0.1) is 0 Å². The summed E-state index contributed by atoms with van der Waals surface area (Å²) in [5.41, 5.74) is 0.0158. The monoisotopic (exact) mass is 308 g/mol. The smallest absolute Gasteiger partial charge is 0.172 e. The zero-order valence-electron chi connectivity index (χ0n) is 13.6. The number of rotatable bonds is 8. The first-order valence-electron chi connectivity index (χ1n) is 8.22. The highest BCUT2D eigenvalue weighted by Crippen LogP contribution is 2.27. The fraction of sp³-hybridized carbons (Fsp3) is 0.286. The molecule has 0 bridgehead atoms. The van der Waals surface area contributed by atoms with Crippen molar-refractivity contribution in [2.75, 3.05) is 0 Å². The Morgan fingerprint density at radius 1 is 1.00 bits per heavy atom. The van der Waals surface area contributed by atoms with Gasteiger partial charge in [-0.15, -0.1) is 0 Å². The van der Waals surface area contributed by atoms with Crippen LogP contribution < -0.4 is 0 Å². The number of carbonyl (C=O) groups excluding carboxylic acids is 1. The molecule has 1 unspecified atom stereocenters. The average Bonchev–Trinajstić information content (AvgIpc) is 2.61. The van der Waals surface area contributed by atoms with E-state index in [-0.39, 0.29) is 5.78 Å². The first-order valence-corrected chi connectivity index (χ1v) is 8.22. The Balaban J connectivity index is 2.28. The SMILES string of the molecule is CCCCCC(=O)C(O)(/C=C/c1ccccc1)c1ccccc1. The molecule has 0 radical (unpaired) electrons. The van der Waals surface area contributed by atoms with E-state index in [2.05, 4.69) is 6.92 Å². The molecule has 2 heteroatoms. The number of carbonyl (C=O) groups is 1. The minimum absolute atomic E-state index is 0.149.